The van der Waals surface area contributed by atoms with Gasteiger partial charge in [-0.2, -0.15) is 9.98 Å². The largest absolute Gasteiger partial charge is 0.494 e. The Morgan fingerprint density at radius 1 is 0.492 bits per heavy atom. The van der Waals surface area contributed by atoms with Crippen molar-refractivity contribution < 1.29 is 42.9 Å². The fourth-order valence-electron chi connectivity index (χ4n) is 5.88. The Morgan fingerprint density at radius 2 is 0.881 bits per heavy atom. The number of nitrogens with zero attached hydrogens (tertiary/aromatic N) is 2. The quantitative estimate of drug-likeness (QED) is 0.0521. The van der Waals surface area contributed by atoms with Crippen molar-refractivity contribution in [2.45, 2.75) is 177 Å². The number of carbonyl (C=O) groups is 4. The molecule has 0 atom stereocenters. The maximum atomic E-state index is 12.7. The lowest BCUT2D eigenvalue weighted by Crippen LogP contribution is -2.26. The highest BCUT2D eigenvalue weighted by Gasteiger charge is 2.22. The number of carbonyl (C=O) groups excluding carboxylic acids is 4. The van der Waals surface area contributed by atoms with Crippen LogP contribution in [0.2, 0.25) is 0 Å². The second-order valence-electron chi connectivity index (χ2n) is 19.3. The van der Waals surface area contributed by atoms with Crippen LogP contribution in [0, 0.1) is 5.41 Å². The summed E-state index contributed by atoms with van der Waals surface area (Å²) in [5.41, 5.74) is 1.20. The van der Waals surface area contributed by atoms with Crippen LogP contribution in [-0.2, 0) is 36.6 Å². The van der Waals surface area contributed by atoms with E-state index in [2.05, 4.69) is 22.1 Å². The predicted molar refractivity (Wildman–Crippen MR) is 235 cm³/mol. The lowest BCUT2D eigenvalue weighted by molar-refractivity contribution is -0.153. The molecule has 0 aliphatic heterocycles. The first-order chi connectivity index (χ1) is 27.3. The summed E-state index contributed by atoms with van der Waals surface area (Å²) in [4.78, 5) is 58.2. The number of esters is 1. The first-order valence-corrected chi connectivity index (χ1v) is 21.1. The Balaban J connectivity index is 1.72. The highest BCUT2D eigenvalue weighted by Crippen LogP contribution is 2.22. The van der Waals surface area contributed by atoms with Gasteiger partial charge < -0.3 is 23.7 Å². The van der Waals surface area contributed by atoms with E-state index in [1.54, 1.807) is 62.3 Å². The smallest absolute Gasteiger partial charge is 0.434 e. The Kier molecular flexibility index (Phi) is 20.5. The van der Waals surface area contributed by atoms with Gasteiger partial charge in [-0.05, 0) is 161 Å². The number of ketones is 1. The average Bonchev–Trinajstić information content (AvgIpc) is 3.05. The fraction of sp³-hybridized carbons (Fsp3) is 0.625. The number of hydrogen-bond donors (Lipinski definition) is 0. The van der Waals surface area contributed by atoms with Crippen LogP contribution in [-0.4, -0.2) is 65.4 Å². The standard InChI is InChI=1S/C48H72N2O9/c1-45(2,3)34-39(51)32-37(49-43(53)58-47(7,8)9)20-16-18-35-22-26-40(27-23-35)55-30-14-13-15-31-56-41-28-24-36(25-29-41)19-17-21-38(33-42(52)57-46(4,5)6)50-44(54)59-48(10,11)12/h22-29H,13-21,30-34H2,1-12H3/b49-37-,50-38-. The molecule has 2 rings (SSSR count). The number of amides is 2. The van der Waals surface area contributed by atoms with E-state index in [0.717, 1.165) is 61.2 Å². The molecule has 11 heteroatoms. The van der Waals surface area contributed by atoms with E-state index >= 15 is 0 Å². The second-order valence-corrected chi connectivity index (χ2v) is 19.3. The first kappa shape index (κ1) is 50.6. The minimum absolute atomic E-state index is 0.0631. The molecule has 0 bridgehead atoms. The van der Waals surface area contributed by atoms with Gasteiger partial charge in [0.15, 0.2) is 0 Å². The third kappa shape index (κ3) is 26.2. The van der Waals surface area contributed by atoms with Crippen LogP contribution in [0.3, 0.4) is 0 Å². The van der Waals surface area contributed by atoms with Gasteiger partial charge in [0.1, 0.15) is 34.1 Å². The highest BCUT2D eigenvalue weighted by atomic mass is 16.6. The predicted octanol–water partition coefficient (Wildman–Crippen LogP) is 11.8. The molecule has 0 aliphatic rings. The topological polar surface area (TPSA) is 139 Å². The van der Waals surface area contributed by atoms with Crippen molar-refractivity contribution in [1.29, 1.82) is 0 Å². The molecule has 0 aliphatic carbocycles. The molecule has 0 unspecified atom stereocenters. The number of unbranched alkanes of at least 4 members (excludes halogenated alkanes) is 2. The summed E-state index contributed by atoms with van der Waals surface area (Å²) >= 11 is 0. The van der Waals surface area contributed by atoms with Gasteiger partial charge in [-0.3, -0.25) is 9.59 Å². The van der Waals surface area contributed by atoms with Gasteiger partial charge in [-0.25, -0.2) is 9.59 Å². The van der Waals surface area contributed by atoms with Gasteiger partial charge in [0.2, 0.25) is 0 Å². The minimum atomic E-state index is -0.706. The molecule has 2 aromatic carbocycles. The molecule has 59 heavy (non-hydrogen) atoms. The van der Waals surface area contributed by atoms with Crippen molar-refractivity contribution in [3.05, 3.63) is 59.7 Å². The summed E-state index contributed by atoms with van der Waals surface area (Å²) in [5, 5.41) is 0. The summed E-state index contributed by atoms with van der Waals surface area (Å²) in [6.45, 7) is 23.4. The number of aliphatic imine (C=N–C) groups is 2. The van der Waals surface area contributed by atoms with Gasteiger partial charge in [0.25, 0.3) is 0 Å². The first-order valence-electron chi connectivity index (χ1n) is 21.1. The zero-order chi connectivity index (χ0) is 44.3. The van der Waals surface area contributed by atoms with Crippen molar-refractivity contribution >= 4 is 35.4 Å². The zero-order valence-corrected chi connectivity index (χ0v) is 38.1. The van der Waals surface area contributed by atoms with Gasteiger partial charge in [-0.15, -0.1) is 0 Å². The molecule has 0 heterocycles. The number of aryl methyl sites for hydroxylation is 2. The molecule has 2 amide bonds. The average molecular weight is 821 g/mol. The van der Waals surface area contributed by atoms with Crippen molar-refractivity contribution in [1.82, 2.24) is 0 Å². The van der Waals surface area contributed by atoms with E-state index in [9.17, 15) is 19.2 Å². The molecule has 0 saturated heterocycles. The number of ether oxygens (including phenoxy) is 5. The third-order valence-electron chi connectivity index (χ3n) is 8.22. The van der Waals surface area contributed by atoms with E-state index < -0.39 is 35.0 Å². The highest BCUT2D eigenvalue weighted by molar-refractivity contribution is 6.05. The number of rotatable bonds is 21. The van der Waals surface area contributed by atoms with Crippen molar-refractivity contribution in [3.63, 3.8) is 0 Å². The third-order valence-corrected chi connectivity index (χ3v) is 8.22. The molecule has 328 valence electrons. The van der Waals surface area contributed by atoms with E-state index in [0.29, 0.717) is 50.3 Å². The molecule has 0 aromatic heterocycles. The maximum Gasteiger partial charge on any atom is 0.434 e. The summed E-state index contributed by atoms with van der Waals surface area (Å²) in [5.74, 6) is 1.28. The van der Waals surface area contributed by atoms with Crippen LogP contribution in [0.5, 0.6) is 11.5 Å². The zero-order valence-electron chi connectivity index (χ0n) is 38.1. The van der Waals surface area contributed by atoms with Gasteiger partial charge in [0, 0.05) is 24.3 Å². The van der Waals surface area contributed by atoms with E-state index in [4.69, 9.17) is 23.7 Å². The summed E-state index contributed by atoms with van der Waals surface area (Å²) in [6, 6.07) is 16.0. The summed E-state index contributed by atoms with van der Waals surface area (Å²) in [7, 11) is 0. The number of Topliss-reactive ketones (excluding diaryl/α,β-unsaturated/α-hetero) is 1. The Bertz CT molecular complexity index is 1560. The van der Waals surface area contributed by atoms with Crippen molar-refractivity contribution in [2.24, 2.45) is 15.4 Å². The van der Waals surface area contributed by atoms with Crippen molar-refractivity contribution in [2.75, 3.05) is 13.2 Å². The van der Waals surface area contributed by atoms with Crippen LogP contribution < -0.4 is 9.47 Å². The summed E-state index contributed by atoms with van der Waals surface area (Å²) < 4.78 is 28.1. The van der Waals surface area contributed by atoms with Gasteiger partial charge >= 0.3 is 18.2 Å². The second kappa shape index (κ2) is 23.9. The molecule has 0 fully saturated rings. The molecule has 2 aromatic rings. The van der Waals surface area contributed by atoms with E-state index in [-0.39, 0.29) is 24.0 Å². The molecular weight excluding hydrogens is 749 g/mol. The monoisotopic (exact) mass is 821 g/mol. The molecular formula is C48H72N2O9. The number of hydrogen-bond acceptors (Lipinski definition) is 9. The minimum Gasteiger partial charge on any atom is -0.494 e. The van der Waals surface area contributed by atoms with Crippen LogP contribution in [0.25, 0.3) is 0 Å². The maximum absolute atomic E-state index is 12.7. The molecule has 0 saturated carbocycles. The lowest BCUT2D eigenvalue weighted by Gasteiger charge is -2.20. The van der Waals surface area contributed by atoms with Crippen molar-refractivity contribution in [3.8, 4) is 11.5 Å². The molecule has 0 spiro atoms. The van der Waals surface area contributed by atoms with Crippen LogP contribution in [0.15, 0.2) is 58.5 Å². The fourth-order valence-corrected chi connectivity index (χ4v) is 5.88. The van der Waals surface area contributed by atoms with E-state index in [1.807, 2.05) is 57.2 Å². The normalized spacial score (nSPS) is 12.8. The Morgan fingerprint density at radius 3 is 1.25 bits per heavy atom. The van der Waals surface area contributed by atoms with Gasteiger partial charge in [-0.1, -0.05) is 45.0 Å². The summed E-state index contributed by atoms with van der Waals surface area (Å²) in [6.07, 6.45) is 5.94. The molecule has 0 N–H and O–H groups in total. The van der Waals surface area contributed by atoms with Gasteiger partial charge in [0.05, 0.1) is 19.6 Å². The Hall–Kier alpha value is -4.54. The SMILES string of the molecule is CC(C)(C)CC(=O)C/C(CCCc1ccc(OCCCCCOc2ccc(CCC/C(CC(=O)OC(C)(C)C)=N/C(=O)OC(C)(C)C)cc2)cc1)=N\C(=O)OC(C)(C)C. The Labute approximate surface area is 354 Å². The van der Waals surface area contributed by atoms with Crippen LogP contribution in [0.1, 0.15) is 158 Å². The molecule has 0 radical (unpaired) electrons. The molecule has 11 nitrogen and oxygen atoms in total. The van der Waals surface area contributed by atoms with Crippen LogP contribution in [0.4, 0.5) is 9.59 Å². The van der Waals surface area contributed by atoms with E-state index in [1.165, 1.54) is 0 Å². The van der Waals surface area contributed by atoms with Crippen LogP contribution >= 0.6 is 0 Å². The number of benzene rings is 2. The lowest BCUT2D eigenvalue weighted by atomic mass is 9.88.